The van der Waals surface area contributed by atoms with Crippen LogP contribution in [0.2, 0.25) is 0 Å². The number of hydrogen-bond donors (Lipinski definition) is 1. The maximum Gasteiger partial charge on any atom is -0.00747 e. The van der Waals surface area contributed by atoms with Crippen LogP contribution in [0, 0.1) is 11.8 Å². The highest BCUT2D eigenvalue weighted by atomic mass is 14.5. The first-order chi connectivity index (χ1) is 7.22. The van der Waals surface area contributed by atoms with Crippen molar-refractivity contribution < 1.29 is 0 Å². The maximum atomic E-state index is 5.56. The largest absolute Gasteiger partial charge is 0.330 e. The van der Waals surface area contributed by atoms with Gasteiger partial charge in [0.2, 0.25) is 0 Å². The summed E-state index contributed by atoms with van der Waals surface area (Å²) in [5.74, 6) is 1.52. The maximum absolute atomic E-state index is 5.56. The summed E-state index contributed by atoms with van der Waals surface area (Å²) in [5, 5.41) is 0. The van der Waals surface area contributed by atoms with Crippen LogP contribution in [0.5, 0.6) is 0 Å². The zero-order chi connectivity index (χ0) is 11.1. The van der Waals surface area contributed by atoms with Crippen LogP contribution in [0.3, 0.4) is 0 Å². The van der Waals surface area contributed by atoms with E-state index in [-0.39, 0.29) is 0 Å². The standard InChI is InChI=1S/C14H23N/c1-12(8-9-15)10-13(2)11-14-6-4-3-5-7-14/h3-7,12-13H,8-11,15H2,1-2H3. The Bertz CT molecular complexity index is 255. The molecule has 0 aliphatic heterocycles. The molecule has 1 nitrogen and oxygen atoms in total. The highest BCUT2D eigenvalue weighted by molar-refractivity contribution is 5.15. The van der Waals surface area contributed by atoms with E-state index in [1.807, 2.05) is 0 Å². The molecular formula is C14H23N. The summed E-state index contributed by atoms with van der Waals surface area (Å²) in [4.78, 5) is 0. The van der Waals surface area contributed by atoms with E-state index in [2.05, 4.69) is 44.2 Å². The first-order valence-electron chi connectivity index (χ1n) is 5.96. The molecule has 0 saturated carbocycles. The number of nitrogens with two attached hydrogens (primary N) is 1. The van der Waals surface area contributed by atoms with E-state index in [0.29, 0.717) is 0 Å². The molecule has 0 bridgehead atoms. The van der Waals surface area contributed by atoms with Crippen LogP contribution >= 0.6 is 0 Å². The van der Waals surface area contributed by atoms with Gasteiger partial charge in [-0.3, -0.25) is 0 Å². The second-order valence-corrected chi connectivity index (χ2v) is 4.71. The van der Waals surface area contributed by atoms with Crippen molar-refractivity contribution in [3.63, 3.8) is 0 Å². The van der Waals surface area contributed by atoms with Crippen molar-refractivity contribution in [1.82, 2.24) is 0 Å². The lowest BCUT2D eigenvalue weighted by Crippen LogP contribution is -2.10. The predicted molar refractivity (Wildman–Crippen MR) is 66.8 cm³/mol. The fraction of sp³-hybridized carbons (Fsp3) is 0.571. The van der Waals surface area contributed by atoms with E-state index in [4.69, 9.17) is 5.73 Å². The molecule has 0 spiro atoms. The molecule has 0 radical (unpaired) electrons. The minimum absolute atomic E-state index is 0.758. The Kier molecular flexibility index (Phi) is 5.41. The third-order valence-electron chi connectivity index (χ3n) is 2.89. The molecule has 2 N–H and O–H groups in total. The van der Waals surface area contributed by atoms with Crippen molar-refractivity contribution >= 4 is 0 Å². The molecule has 1 rings (SSSR count). The van der Waals surface area contributed by atoms with Crippen molar-refractivity contribution in [2.24, 2.45) is 17.6 Å². The monoisotopic (exact) mass is 205 g/mol. The quantitative estimate of drug-likeness (QED) is 0.758. The highest BCUT2D eigenvalue weighted by Gasteiger charge is 2.08. The van der Waals surface area contributed by atoms with Crippen LogP contribution in [0.15, 0.2) is 30.3 Å². The summed E-state index contributed by atoms with van der Waals surface area (Å²) in [6.45, 7) is 5.45. The van der Waals surface area contributed by atoms with Crippen molar-refractivity contribution in [3.8, 4) is 0 Å². The van der Waals surface area contributed by atoms with Gasteiger partial charge in [0.25, 0.3) is 0 Å². The number of rotatable bonds is 6. The Labute approximate surface area is 93.7 Å². The van der Waals surface area contributed by atoms with Crippen molar-refractivity contribution in [2.75, 3.05) is 6.54 Å². The first-order valence-corrected chi connectivity index (χ1v) is 5.96. The third-order valence-corrected chi connectivity index (χ3v) is 2.89. The van der Waals surface area contributed by atoms with Crippen molar-refractivity contribution in [2.45, 2.75) is 33.1 Å². The molecule has 1 aromatic carbocycles. The van der Waals surface area contributed by atoms with Crippen LogP contribution < -0.4 is 5.73 Å². The van der Waals surface area contributed by atoms with Gasteiger partial charge in [0.15, 0.2) is 0 Å². The average molecular weight is 205 g/mol. The molecule has 0 aromatic heterocycles. The highest BCUT2D eigenvalue weighted by Crippen LogP contribution is 2.18. The second kappa shape index (κ2) is 6.62. The third kappa shape index (κ3) is 4.98. The Morgan fingerprint density at radius 1 is 1.07 bits per heavy atom. The molecule has 1 heteroatoms. The van der Waals surface area contributed by atoms with Gasteiger partial charge >= 0.3 is 0 Å². The van der Waals surface area contributed by atoms with Crippen LogP contribution in [-0.4, -0.2) is 6.54 Å². The van der Waals surface area contributed by atoms with Gasteiger partial charge in [-0.15, -0.1) is 0 Å². The average Bonchev–Trinajstić information content (AvgIpc) is 2.19. The van der Waals surface area contributed by atoms with Crippen molar-refractivity contribution in [3.05, 3.63) is 35.9 Å². The van der Waals surface area contributed by atoms with Crippen molar-refractivity contribution in [1.29, 1.82) is 0 Å². The van der Waals surface area contributed by atoms with Crippen LogP contribution in [0.4, 0.5) is 0 Å². The lowest BCUT2D eigenvalue weighted by Gasteiger charge is -2.16. The van der Waals surface area contributed by atoms with E-state index in [9.17, 15) is 0 Å². The Morgan fingerprint density at radius 2 is 1.73 bits per heavy atom. The first kappa shape index (κ1) is 12.3. The van der Waals surface area contributed by atoms with E-state index < -0.39 is 0 Å². The Hall–Kier alpha value is -0.820. The fourth-order valence-electron chi connectivity index (χ4n) is 2.19. The molecule has 0 heterocycles. The molecule has 0 amide bonds. The normalized spacial score (nSPS) is 14.9. The zero-order valence-electron chi connectivity index (χ0n) is 9.95. The predicted octanol–water partition coefficient (Wildman–Crippen LogP) is 3.24. The van der Waals surface area contributed by atoms with Gasteiger partial charge in [-0.25, -0.2) is 0 Å². The van der Waals surface area contributed by atoms with Gasteiger partial charge in [0.1, 0.15) is 0 Å². The number of hydrogen-bond acceptors (Lipinski definition) is 1. The minimum Gasteiger partial charge on any atom is -0.330 e. The smallest absolute Gasteiger partial charge is 0.00747 e. The molecule has 2 atom stereocenters. The molecular weight excluding hydrogens is 182 g/mol. The summed E-state index contributed by atoms with van der Waals surface area (Å²) in [6, 6.07) is 10.7. The summed E-state index contributed by atoms with van der Waals surface area (Å²) >= 11 is 0. The summed E-state index contributed by atoms with van der Waals surface area (Å²) in [5.41, 5.74) is 7.01. The molecule has 0 saturated heterocycles. The molecule has 15 heavy (non-hydrogen) atoms. The van der Waals surface area contributed by atoms with Crippen LogP contribution in [-0.2, 0) is 6.42 Å². The van der Waals surface area contributed by atoms with Gasteiger partial charge in [0, 0.05) is 0 Å². The fourth-order valence-corrected chi connectivity index (χ4v) is 2.19. The molecule has 2 unspecified atom stereocenters. The van der Waals surface area contributed by atoms with Gasteiger partial charge in [0.05, 0.1) is 0 Å². The van der Waals surface area contributed by atoms with Crippen LogP contribution in [0.1, 0.15) is 32.3 Å². The van der Waals surface area contributed by atoms with Gasteiger partial charge < -0.3 is 5.73 Å². The molecule has 0 aliphatic rings. The molecule has 0 fully saturated rings. The van der Waals surface area contributed by atoms with Crippen LogP contribution in [0.25, 0.3) is 0 Å². The lowest BCUT2D eigenvalue weighted by atomic mass is 9.90. The van der Waals surface area contributed by atoms with E-state index in [1.54, 1.807) is 0 Å². The topological polar surface area (TPSA) is 26.0 Å². The second-order valence-electron chi connectivity index (χ2n) is 4.71. The van der Waals surface area contributed by atoms with E-state index >= 15 is 0 Å². The van der Waals surface area contributed by atoms with Gasteiger partial charge in [-0.2, -0.15) is 0 Å². The summed E-state index contributed by atoms with van der Waals surface area (Å²) in [7, 11) is 0. The SMILES string of the molecule is CC(CCN)CC(C)Cc1ccccc1. The van der Waals surface area contributed by atoms with Gasteiger partial charge in [-0.05, 0) is 43.2 Å². The molecule has 84 valence electrons. The number of benzene rings is 1. The minimum atomic E-state index is 0.758. The van der Waals surface area contributed by atoms with Gasteiger partial charge in [-0.1, -0.05) is 44.2 Å². The van der Waals surface area contributed by atoms with E-state index in [1.165, 1.54) is 18.4 Å². The summed E-state index contributed by atoms with van der Waals surface area (Å²) < 4.78 is 0. The molecule has 1 aromatic rings. The lowest BCUT2D eigenvalue weighted by molar-refractivity contribution is 0.397. The Balaban J connectivity index is 2.33. The Morgan fingerprint density at radius 3 is 2.33 bits per heavy atom. The molecule has 0 aliphatic carbocycles. The zero-order valence-corrected chi connectivity index (χ0v) is 9.95. The summed E-state index contributed by atoms with van der Waals surface area (Å²) in [6.07, 6.45) is 3.63. The van der Waals surface area contributed by atoms with E-state index in [0.717, 1.165) is 24.8 Å².